The maximum atomic E-state index is 12.3. The van der Waals surface area contributed by atoms with Crippen LogP contribution < -0.4 is 5.32 Å². The van der Waals surface area contributed by atoms with Crippen molar-refractivity contribution in [2.75, 3.05) is 11.1 Å². The number of thioether (sulfide) groups is 1. The van der Waals surface area contributed by atoms with Crippen LogP contribution in [0.1, 0.15) is 16.7 Å². The second kappa shape index (κ2) is 7.53. The topological polar surface area (TPSA) is 59.8 Å². The average molecular weight is 352 g/mol. The Morgan fingerprint density at radius 1 is 1.12 bits per heavy atom. The zero-order valence-electron chi connectivity index (χ0n) is 14.5. The van der Waals surface area contributed by atoms with Gasteiger partial charge in [-0.15, -0.1) is 10.2 Å². The van der Waals surface area contributed by atoms with Gasteiger partial charge in [0.15, 0.2) is 5.16 Å². The first-order valence-corrected chi connectivity index (χ1v) is 8.99. The van der Waals surface area contributed by atoms with Gasteiger partial charge in [-0.1, -0.05) is 47.7 Å². The molecular weight excluding hydrogens is 332 g/mol. The van der Waals surface area contributed by atoms with Gasteiger partial charge in [0, 0.05) is 5.69 Å². The summed E-state index contributed by atoms with van der Waals surface area (Å²) in [5.41, 5.74) is 5.22. The number of benzene rings is 2. The Balaban J connectivity index is 1.67. The molecule has 3 rings (SSSR count). The van der Waals surface area contributed by atoms with Gasteiger partial charge < -0.3 is 5.32 Å². The summed E-state index contributed by atoms with van der Waals surface area (Å²) in [5, 5.41) is 11.8. The molecule has 1 amide bonds. The fraction of sp³-hybridized carbons (Fsp3) is 0.211. The number of nitrogens with zero attached hydrogens (tertiary/aromatic N) is 3. The van der Waals surface area contributed by atoms with E-state index in [1.54, 1.807) is 6.33 Å². The van der Waals surface area contributed by atoms with Gasteiger partial charge in [0.05, 0.1) is 11.4 Å². The van der Waals surface area contributed by atoms with Crippen molar-refractivity contribution in [2.45, 2.75) is 25.9 Å². The predicted molar refractivity (Wildman–Crippen MR) is 101 cm³/mol. The number of anilines is 1. The highest BCUT2D eigenvalue weighted by Gasteiger charge is 2.12. The molecule has 128 valence electrons. The minimum absolute atomic E-state index is 0.0590. The molecule has 0 fully saturated rings. The van der Waals surface area contributed by atoms with Gasteiger partial charge in [-0.05, 0) is 44.0 Å². The van der Waals surface area contributed by atoms with Crippen LogP contribution >= 0.6 is 11.8 Å². The summed E-state index contributed by atoms with van der Waals surface area (Å²) in [4.78, 5) is 12.3. The third kappa shape index (κ3) is 4.09. The number of hydrogen-bond acceptors (Lipinski definition) is 4. The lowest BCUT2D eigenvalue weighted by atomic mass is 10.1. The largest absolute Gasteiger partial charge is 0.325 e. The molecule has 0 aliphatic heterocycles. The first-order valence-electron chi connectivity index (χ1n) is 8.00. The standard InChI is InChI=1S/C19H20N4OS/c1-13-8-9-16(15(3)10-13)21-18(24)11-25-19-22-20-12-23(19)17-7-5-4-6-14(17)2/h4-10,12H,11H2,1-3H3,(H,21,24). The highest BCUT2D eigenvalue weighted by Crippen LogP contribution is 2.22. The van der Waals surface area contributed by atoms with Crippen molar-refractivity contribution in [2.24, 2.45) is 0 Å². The highest BCUT2D eigenvalue weighted by atomic mass is 32.2. The van der Waals surface area contributed by atoms with Crippen LogP contribution in [0.4, 0.5) is 5.69 Å². The minimum atomic E-state index is -0.0590. The molecular formula is C19H20N4OS. The molecule has 0 bridgehead atoms. The van der Waals surface area contributed by atoms with Crippen LogP contribution in [0.15, 0.2) is 53.9 Å². The second-order valence-electron chi connectivity index (χ2n) is 5.93. The lowest BCUT2D eigenvalue weighted by Crippen LogP contribution is -2.15. The van der Waals surface area contributed by atoms with E-state index in [0.29, 0.717) is 5.16 Å². The molecule has 5 nitrogen and oxygen atoms in total. The zero-order valence-corrected chi connectivity index (χ0v) is 15.3. The summed E-state index contributed by atoms with van der Waals surface area (Å²) in [6.45, 7) is 6.06. The van der Waals surface area contributed by atoms with E-state index in [-0.39, 0.29) is 11.7 Å². The molecule has 6 heteroatoms. The van der Waals surface area contributed by atoms with E-state index < -0.39 is 0 Å². The number of hydrogen-bond donors (Lipinski definition) is 1. The molecule has 0 saturated heterocycles. The van der Waals surface area contributed by atoms with Crippen molar-refractivity contribution in [1.82, 2.24) is 14.8 Å². The van der Waals surface area contributed by atoms with Crippen molar-refractivity contribution in [1.29, 1.82) is 0 Å². The number of aromatic nitrogens is 3. The van der Waals surface area contributed by atoms with Crippen LogP contribution in [0, 0.1) is 20.8 Å². The van der Waals surface area contributed by atoms with Crippen LogP contribution in [-0.4, -0.2) is 26.4 Å². The van der Waals surface area contributed by atoms with Gasteiger partial charge in [-0.3, -0.25) is 9.36 Å². The molecule has 2 aromatic carbocycles. The predicted octanol–water partition coefficient (Wildman–Crippen LogP) is 3.92. The smallest absolute Gasteiger partial charge is 0.234 e. The van der Waals surface area contributed by atoms with E-state index in [0.717, 1.165) is 22.5 Å². The summed E-state index contributed by atoms with van der Waals surface area (Å²) in [5.74, 6) is 0.217. The van der Waals surface area contributed by atoms with Crippen molar-refractivity contribution < 1.29 is 4.79 Å². The van der Waals surface area contributed by atoms with Crippen molar-refractivity contribution >= 4 is 23.4 Å². The quantitative estimate of drug-likeness (QED) is 0.707. The maximum Gasteiger partial charge on any atom is 0.234 e. The average Bonchev–Trinajstić information content (AvgIpc) is 3.04. The minimum Gasteiger partial charge on any atom is -0.325 e. The molecule has 1 heterocycles. The van der Waals surface area contributed by atoms with E-state index in [9.17, 15) is 4.79 Å². The first kappa shape index (κ1) is 17.2. The summed E-state index contributed by atoms with van der Waals surface area (Å²) < 4.78 is 1.91. The van der Waals surface area contributed by atoms with Gasteiger partial charge in [0.25, 0.3) is 0 Å². The van der Waals surface area contributed by atoms with Gasteiger partial charge in [-0.25, -0.2) is 0 Å². The van der Waals surface area contributed by atoms with Crippen LogP contribution in [0.3, 0.4) is 0 Å². The first-order chi connectivity index (χ1) is 12.0. The number of nitrogens with one attached hydrogen (secondary N) is 1. The van der Waals surface area contributed by atoms with E-state index in [2.05, 4.69) is 21.6 Å². The Kier molecular flexibility index (Phi) is 5.19. The van der Waals surface area contributed by atoms with E-state index in [1.165, 1.54) is 17.3 Å². The highest BCUT2D eigenvalue weighted by molar-refractivity contribution is 7.99. The van der Waals surface area contributed by atoms with E-state index in [1.807, 2.05) is 61.7 Å². The lowest BCUT2D eigenvalue weighted by molar-refractivity contribution is -0.113. The van der Waals surface area contributed by atoms with Gasteiger partial charge >= 0.3 is 0 Å². The van der Waals surface area contributed by atoms with Crippen LogP contribution in [0.5, 0.6) is 0 Å². The second-order valence-corrected chi connectivity index (χ2v) is 6.87. The van der Waals surface area contributed by atoms with Crippen molar-refractivity contribution in [3.8, 4) is 5.69 Å². The Morgan fingerprint density at radius 2 is 1.92 bits per heavy atom. The molecule has 1 aromatic heterocycles. The molecule has 0 atom stereocenters. The third-order valence-corrected chi connectivity index (χ3v) is 4.82. The van der Waals surface area contributed by atoms with Gasteiger partial charge in [0.2, 0.25) is 5.91 Å². The monoisotopic (exact) mass is 352 g/mol. The molecule has 0 saturated carbocycles. The zero-order chi connectivity index (χ0) is 17.8. The molecule has 0 unspecified atom stereocenters. The molecule has 25 heavy (non-hydrogen) atoms. The third-order valence-electron chi connectivity index (χ3n) is 3.88. The molecule has 0 aliphatic carbocycles. The Morgan fingerprint density at radius 3 is 2.68 bits per heavy atom. The number of amides is 1. The fourth-order valence-corrected chi connectivity index (χ4v) is 3.31. The van der Waals surface area contributed by atoms with Gasteiger partial charge in [0.1, 0.15) is 6.33 Å². The summed E-state index contributed by atoms with van der Waals surface area (Å²) in [7, 11) is 0. The van der Waals surface area contributed by atoms with Crippen molar-refractivity contribution in [3.05, 3.63) is 65.5 Å². The maximum absolute atomic E-state index is 12.3. The number of carbonyl (C=O) groups excluding carboxylic acids is 1. The lowest BCUT2D eigenvalue weighted by Gasteiger charge is -2.10. The molecule has 0 spiro atoms. The molecule has 0 aliphatic rings. The SMILES string of the molecule is Cc1ccc(NC(=O)CSc2nncn2-c2ccccc2C)c(C)c1. The van der Waals surface area contributed by atoms with Crippen LogP contribution in [0.25, 0.3) is 5.69 Å². The fourth-order valence-electron chi connectivity index (χ4n) is 2.59. The molecule has 3 aromatic rings. The van der Waals surface area contributed by atoms with Crippen LogP contribution in [-0.2, 0) is 4.79 Å². The molecule has 1 N–H and O–H groups in total. The summed E-state index contributed by atoms with van der Waals surface area (Å²) >= 11 is 1.37. The number of carbonyl (C=O) groups is 1. The number of rotatable bonds is 5. The Bertz CT molecular complexity index is 904. The number of para-hydroxylation sites is 1. The normalized spacial score (nSPS) is 10.7. The molecule has 0 radical (unpaired) electrons. The van der Waals surface area contributed by atoms with Gasteiger partial charge in [-0.2, -0.15) is 0 Å². The van der Waals surface area contributed by atoms with Crippen LogP contribution in [0.2, 0.25) is 0 Å². The van der Waals surface area contributed by atoms with E-state index in [4.69, 9.17) is 0 Å². The summed E-state index contributed by atoms with van der Waals surface area (Å²) in [6, 6.07) is 14.0. The Hall–Kier alpha value is -2.60. The van der Waals surface area contributed by atoms with Crippen molar-refractivity contribution in [3.63, 3.8) is 0 Å². The number of aryl methyl sites for hydroxylation is 3. The van der Waals surface area contributed by atoms with E-state index >= 15 is 0 Å². The Labute approximate surface area is 151 Å². The summed E-state index contributed by atoms with van der Waals surface area (Å²) in [6.07, 6.45) is 1.67.